The van der Waals surface area contributed by atoms with Gasteiger partial charge in [-0.05, 0) is 36.7 Å². The van der Waals surface area contributed by atoms with E-state index in [2.05, 4.69) is 27.6 Å². The minimum absolute atomic E-state index is 0.0334. The molecule has 1 aliphatic rings. The summed E-state index contributed by atoms with van der Waals surface area (Å²) in [5.74, 6) is 0.177. The second-order valence-electron chi connectivity index (χ2n) is 8.80. The summed E-state index contributed by atoms with van der Waals surface area (Å²) in [6, 6.07) is 9.32. The van der Waals surface area contributed by atoms with Crippen LogP contribution in [0.1, 0.15) is 30.2 Å². The minimum Gasteiger partial charge on any atom is -0.387 e. The van der Waals surface area contributed by atoms with Gasteiger partial charge < -0.3 is 20.7 Å². The highest BCUT2D eigenvalue weighted by Crippen LogP contribution is 2.32. The van der Waals surface area contributed by atoms with Crippen molar-refractivity contribution >= 4 is 28.8 Å². The number of nitriles is 1. The van der Waals surface area contributed by atoms with Gasteiger partial charge in [0, 0.05) is 19.5 Å². The Morgan fingerprint density at radius 3 is 2.76 bits per heavy atom. The molecule has 192 valence electrons. The Balaban J connectivity index is 1.46. The third kappa shape index (κ3) is 6.07. The molecule has 37 heavy (non-hydrogen) atoms. The lowest BCUT2D eigenvalue weighted by Crippen LogP contribution is -2.40. The Labute approximate surface area is 214 Å². The van der Waals surface area contributed by atoms with Gasteiger partial charge in [-0.25, -0.2) is 15.0 Å². The number of aliphatic hydroxyl groups is 2. The highest BCUT2D eigenvalue weighted by Gasteiger charge is 2.44. The summed E-state index contributed by atoms with van der Waals surface area (Å²) < 4.78 is 7.63. The number of nitrogen functional groups attached to an aromatic ring is 1. The predicted molar refractivity (Wildman–Crippen MR) is 137 cm³/mol. The topological polar surface area (TPSA) is 163 Å². The molecule has 4 atom stereocenters. The van der Waals surface area contributed by atoms with E-state index in [9.17, 15) is 15.0 Å². The van der Waals surface area contributed by atoms with E-state index in [4.69, 9.17) is 15.7 Å². The Bertz CT molecular complexity index is 1310. The Morgan fingerprint density at radius 2 is 2.03 bits per heavy atom. The van der Waals surface area contributed by atoms with Crippen molar-refractivity contribution in [1.29, 1.82) is 5.26 Å². The normalized spacial score (nSPS) is 21.6. The molecule has 1 aromatic carbocycles. The van der Waals surface area contributed by atoms with Crippen LogP contribution < -0.4 is 5.73 Å². The van der Waals surface area contributed by atoms with Gasteiger partial charge in [0.05, 0.1) is 18.0 Å². The Hall–Kier alpha value is -3.95. The maximum Gasteiger partial charge on any atom is 0.167 e. The molecule has 1 aliphatic heterocycles. The number of nitrogens with two attached hydrogens (primary N) is 1. The van der Waals surface area contributed by atoms with Crippen molar-refractivity contribution < 1.29 is 19.7 Å². The van der Waals surface area contributed by atoms with Crippen molar-refractivity contribution in [2.24, 2.45) is 0 Å². The SMILES string of the molecule is C=CC(=O)CCCN(C/C=C/c1ccc(C#N)cc1)C[C@H]1O[C@@H](n2cnc3c(N)ncnc32)[C@H](O)[C@@H]1O. The highest BCUT2D eigenvalue weighted by molar-refractivity contribution is 5.88. The molecule has 0 radical (unpaired) electrons. The number of nitrogens with zero attached hydrogens (tertiary/aromatic N) is 6. The molecular formula is C26H29N7O4. The van der Waals surface area contributed by atoms with E-state index in [1.165, 1.54) is 18.7 Å². The van der Waals surface area contributed by atoms with Crippen LogP contribution >= 0.6 is 0 Å². The van der Waals surface area contributed by atoms with Crippen LogP contribution in [0.25, 0.3) is 17.2 Å². The van der Waals surface area contributed by atoms with E-state index in [1.54, 1.807) is 16.7 Å². The smallest absolute Gasteiger partial charge is 0.167 e. The zero-order chi connectivity index (χ0) is 26.4. The molecule has 11 nitrogen and oxygen atoms in total. The number of fused-ring (bicyclic) bond motifs is 1. The van der Waals surface area contributed by atoms with Gasteiger partial charge in [-0.2, -0.15) is 5.26 Å². The molecule has 1 saturated heterocycles. The summed E-state index contributed by atoms with van der Waals surface area (Å²) >= 11 is 0. The quantitative estimate of drug-likeness (QED) is 0.326. The zero-order valence-corrected chi connectivity index (χ0v) is 20.2. The summed E-state index contributed by atoms with van der Waals surface area (Å²) in [7, 11) is 0. The van der Waals surface area contributed by atoms with Crippen LogP contribution in [-0.2, 0) is 9.53 Å². The minimum atomic E-state index is -1.21. The van der Waals surface area contributed by atoms with Crippen LogP contribution in [0.5, 0.6) is 0 Å². The second-order valence-corrected chi connectivity index (χ2v) is 8.80. The van der Waals surface area contributed by atoms with Gasteiger partial charge in [0.2, 0.25) is 0 Å². The second kappa shape index (κ2) is 11.9. The number of hydrogen-bond acceptors (Lipinski definition) is 10. The molecule has 0 unspecified atom stereocenters. The van der Waals surface area contributed by atoms with Crippen molar-refractivity contribution in [3.63, 3.8) is 0 Å². The molecule has 3 aromatic rings. The molecule has 4 rings (SSSR count). The highest BCUT2D eigenvalue weighted by atomic mass is 16.6. The third-order valence-corrected chi connectivity index (χ3v) is 6.28. The summed E-state index contributed by atoms with van der Waals surface area (Å²) in [5.41, 5.74) is 8.19. The monoisotopic (exact) mass is 503 g/mol. The molecule has 3 heterocycles. The van der Waals surface area contributed by atoms with Crippen molar-refractivity contribution in [3.05, 3.63) is 66.8 Å². The maximum absolute atomic E-state index is 11.7. The fourth-order valence-corrected chi connectivity index (χ4v) is 4.26. The molecule has 0 saturated carbocycles. The van der Waals surface area contributed by atoms with Gasteiger partial charge in [-0.15, -0.1) is 0 Å². The van der Waals surface area contributed by atoms with Gasteiger partial charge in [-0.1, -0.05) is 30.9 Å². The first-order valence-corrected chi connectivity index (χ1v) is 11.9. The van der Waals surface area contributed by atoms with E-state index in [0.717, 1.165) is 5.56 Å². The van der Waals surface area contributed by atoms with Crippen molar-refractivity contribution in [2.75, 3.05) is 25.4 Å². The zero-order valence-electron chi connectivity index (χ0n) is 20.2. The van der Waals surface area contributed by atoms with Crippen molar-refractivity contribution in [1.82, 2.24) is 24.4 Å². The summed E-state index contributed by atoms with van der Waals surface area (Å²) in [6.45, 7) is 4.93. The first-order chi connectivity index (χ1) is 17.9. The van der Waals surface area contributed by atoms with Crippen LogP contribution in [0.3, 0.4) is 0 Å². The molecule has 1 fully saturated rings. The summed E-state index contributed by atoms with van der Waals surface area (Å²) in [6.07, 6.45) is 4.98. The Kier molecular flexibility index (Phi) is 8.37. The van der Waals surface area contributed by atoms with Crippen molar-refractivity contribution in [3.8, 4) is 6.07 Å². The number of imidazole rings is 1. The number of aliphatic hydroxyl groups excluding tert-OH is 2. The molecule has 0 bridgehead atoms. The number of ketones is 1. The van der Waals surface area contributed by atoms with Gasteiger partial charge in [0.15, 0.2) is 23.5 Å². The fourth-order valence-electron chi connectivity index (χ4n) is 4.26. The van der Waals surface area contributed by atoms with E-state index in [0.29, 0.717) is 49.2 Å². The van der Waals surface area contributed by atoms with Gasteiger partial charge in [0.1, 0.15) is 30.2 Å². The van der Waals surface area contributed by atoms with Crippen LogP contribution in [0.4, 0.5) is 5.82 Å². The number of aromatic nitrogens is 4. The molecule has 11 heteroatoms. The summed E-state index contributed by atoms with van der Waals surface area (Å²) in [5, 5.41) is 30.5. The Morgan fingerprint density at radius 1 is 1.24 bits per heavy atom. The predicted octanol–water partition coefficient (Wildman–Crippen LogP) is 1.45. The van der Waals surface area contributed by atoms with Crippen LogP contribution in [0.2, 0.25) is 0 Å². The first-order valence-electron chi connectivity index (χ1n) is 11.9. The maximum atomic E-state index is 11.7. The third-order valence-electron chi connectivity index (χ3n) is 6.28. The lowest BCUT2D eigenvalue weighted by Gasteiger charge is -2.25. The number of allylic oxidation sites excluding steroid dienone is 1. The molecular weight excluding hydrogens is 474 g/mol. The lowest BCUT2D eigenvalue weighted by atomic mass is 10.1. The fraction of sp³-hybridized carbons (Fsp3) is 0.346. The van der Waals surface area contributed by atoms with Gasteiger partial charge in [0.25, 0.3) is 0 Å². The van der Waals surface area contributed by atoms with E-state index in [1.807, 2.05) is 29.2 Å². The van der Waals surface area contributed by atoms with E-state index >= 15 is 0 Å². The van der Waals surface area contributed by atoms with Gasteiger partial charge >= 0.3 is 0 Å². The average molecular weight is 504 g/mol. The number of carbonyl (C=O) groups excluding carboxylic acids is 1. The number of anilines is 1. The number of rotatable bonds is 11. The van der Waals surface area contributed by atoms with Crippen LogP contribution in [0.15, 0.2) is 55.7 Å². The van der Waals surface area contributed by atoms with Crippen LogP contribution in [0, 0.1) is 11.3 Å². The number of ether oxygens (including phenoxy) is 1. The van der Waals surface area contributed by atoms with E-state index in [-0.39, 0.29) is 11.6 Å². The lowest BCUT2D eigenvalue weighted by molar-refractivity contribution is -0.114. The standard InChI is InChI=1S/C26H29N7O4/c1-2-19(34)6-4-12-32(11-3-5-17-7-9-18(13-27)10-8-17)14-20-22(35)23(36)26(37-20)33-16-31-21-24(28)29-15-30-25(21)33/h2-3,5,7-10,15-16,20,22-23,26,35-36H,1,4,6,11-12,14H2,(H2,28,29,30)/b5-3+/t20-,22-,23-,26-/m1/s1. The van der Waals surface area contributed by atoms with Crippen LogP contribution in [-0.4, -0.2) is 78.4 Å². The first kappa shape index (κ1) is 26.1. The molecule has 0 aliphatic carbocycles. The molecule has 2 aromatic heterocycles. The van der Waals surface area contributed by atoms with Crippen molar-refractivity contribution in [2.45, 2.75) is 37.4 Å². The molecule has 4 N–H and O–H groups in total. The largest absolute Gasteiger partial charge is 0.387 e. The van der Waals surface area contributed by atoms with Gasteiger partial charge in [-0.3, -0.25) is 14.3 Å². The van der Waals surface area contributed by atoms with E-state index < -0.39 is 24.5 Å². The molecule has 0 spiro atoms. The number of hydrogen-bond donors (Lipinski definition) is 3. The summed E-state index contributed by atoms with van der Waals surface area (Å²) in [4.78, 5) is 26.1. The number of carbonyl (C=O) groups is 1. The molecule has 0 amide bonds. The average Bonchev–Trinajstić information content (AvgIpc) is 3.46. The number of benzene rings is 1.